The lowest BCUT2D eigenvalue weighted by Crippen LogP contribution is -2.54. The van der Waals surface area contributed by atoms with Crippen molar-refractivity contribution in [1.29, 1.82) is 0 Å². The number of hydrogen-bond acceptors (Lipinski definition) is 5. The van der Waals surface area contributed by atoms with E-state index in [1.54, 1.807) is 24.3 Å². The second-order valence-corrected chi connectivity index (χ2v) is 9.90. The number of aryl methyl sites for hydroxylation is 1. The fourth-order valence-electron chi connectivity index (χ4n) is 4.14. The average molecular weight is 592 g/mol. The van der Waals surface area contributed by atoms with E-state index in [-0.39, 0.29) is 10.7 Å². The second kappa shape index (κ2) is 12.2. The molecule has 0 bridgehead atoms. The number of benzene rings is 3. The zero-order valence-corrected chi connectivity index (χ0v) is 23.5. The molecule has 1 saturated heterocycles. The molecule has 1 N–H and O–H groups in total. The summed E-state index contributed by atoms with van der Waals surface area (Å²) in [6, 6.07) is 19.0. The van der Waals surface area contributed by atoms with Gasteiger partial charge >= 0.3 is 0 Å². The number of amides is 2. The molecule has 3 aromatic rings. The smallest absolute Gasteiger partial charge is 0.270 e. The molecule has 0 saturated carbocycles. The van der Waals surface area contributed by atoms with E-state index in [2.05, 4.69) is 27.8 Å². The van der Waals surface area contributed by atoms with Crippen LogP contribution < -0.4 is 19.7 Å². The first-order valence-electron chi connectivity index (χ1n) is 12.1. The van der Waals surface area contributed by atoms with Crippen molar-refractivity contribution in [3.63, 3.8) is 0 Å². The Morgan fingerprint density at radius 1 is 1.08 bits per heavy atom. The van der Waals surface area contributed by atoms with Crippen LogP contribution in [0.4, 0.5) is 5.69 Å². The summed E-state index contributed by atoms with van der Waals surface area (Å²) in [7, 11) is 0. The maximum atomic E-state index is 13.6. The van der Waals surface area contributed by atoms with E-state index >= 15 is 0 Å². The zero-order chi connectivity index (χ0) is 27.2. The van der Waals surface area contributed by atoms with E-state index < -0.39 is 11.8 Å². The molecule has 6 nitrogen and oxygen atoms in total. The first-order valence-corrected chi connectivity index (χ1v) is 13.3. The minimum Gasteiger partial charge on any atom is -0.490 e. The molecule has 1 aliphatic rings. The number of hydrogen-bond donors (Lipinski definition) is 1. The first-order chi connectivity index (χ1) is 18.3. The van der Waals surface area contributed by atoms with Crippen molar-refractivity contribution in [1.82, 2.24) is 5.32 Å². The molecule has 2 amide bonds. The van der Waals surface area contributed by atoms with Crippen LogP contribution in [-0.4, -0.2) is 23.5 Å². The number of nitrogens with zero attached hydrogens (tertiary/aromatic N) is 1. The number of allylic oxidation sites excluding steroid dienone is 1. The molecule has 1 aliphatic heterocycles. The summed E-state index contributed by atoms with van der Waals surface area (Å²) in [6.45, 7) is 8.42. The lowest BCUT2D eigenvalue weighted by atomic mass is 10.0. The Morgan fingerprint density at radius 2 is 1.84 bits per heavy atom. The lowest BCUT2D eigenvalue weighted by Gasteiger charge is -2.30. The number of halogens is 1. The van der Waals surface area contributed by atoms with Crippen molar-refractivity contribution in [3.8, 4) is 11.5 Å². The molecular weight excluding hydrogens is 564 g/mol. The number of carbonyl (C=O) groups excluding carboxylic acids is 2. The number of rotatable bonds is 9. The van der Waals surface area contributed by atoms with Crippen molar-refractivity contribution in [3.05, 3.63) is 106 Å². The number of thiocarbonyl (C=S) groups is 1. The molecule has 0 aliphatic carbocycles. The van der Waals surface area contributed by atoms with E-state index in [0.29, 0.717) is 42.4 Å². The highest BCUT2D eigenvalue weighted by molar-refractivity contribution is 9.10. The first kappa shape index (κ1) is 27.3. The highest BCUT2D eigenvalue weighted by Gasteiger charge is 2.35. The minimum absolute atomic E-state index is 0.0362. The molecule has 0 aromatic heterocycles. The maximum Gasteiger partial charge on any atom is 0.270 e. The van der Waals surface area contributed by atoms with Crippen LogP contribution in [-0.2, 0) is 22.6 Å². The molecular formula is C30H27BrN2O4S. The van der Waals surface area contributed by atoms with Gasteiger partial charge in [0.15, 0.2) is 16.6 Å². The summed E-state index contributed by atoms with van der Waals surface area (Å²) in [5.74, 6) is 0.0651. The fourth-order valence-corrected chi connectivity index (χ4v) is 4.89. The molecule has 1 heterocycles. The third-order valence-corrected chi connectivity index (χ3v) is 6.63. The van der Waals surface area contributed by atoms with Gasteiger partial charge in [0.2, 0.25) is 0 Å². The van der Waals surface area contributed by atoms with E-state index in [9.17, 15) is 9.59 Å². The monoisotopic (exact) mass is 590 g/mol. The van der Waals surface area contributed by atoms with Crippen molar-refractivity contribution >= 4 is 56.8 Å². The van der Waals surface area contributed by atoms with Crippen LogP contribution in [0.2, 0.25) is 0 Å². The number of carbonyl (C=O) groups is 2. The molecule has 0 spiro atoms. The number of ether oxygens (including phenoxy) is 2. The predicted octanol–water partition coefficient (Wildman–Crippen LogP) is 6.30. The standard InChI is InChI=1S/C30H27BrN2O4S/c1-4-9-22-15-21(17-26(36-5-2)27(22)37-18-20-10-7-6-8-11-20)16-24-28(34)32-30(38)33(29(24)35)25-13-12-23(31)14-19(25)3/h4,6-8,10-17H,1,5,9,18H2,2-3H3,(H,32,34,38)/b24-16+. The maximum absolute atomic E-state index is 13.6. The summed E-state index contributed by atoms with van der Waals surface area (Å²) in [4.78, 5) is 27.8. The van der Waals surface area contributed by atoms with Crippen LogP contribution in [0.3, 0.4) is 0 Å². The van der Waals surface area contributed by atoms with Crippen LogP contribution in [0.15, 0.2) is 83.4 Å². The normalized spacial score (nSPS) is 14.4. The zero-order valence-electron chi connectivity index (χ0n) is 21.1. The van der Waals surface area contributed by atoms with Gasteiger partial charge in [-0.1, -0.05) is 52.3 Å². The van der Waals surface area contributed by atoms with Crippen molar-refractivity contribution in [2.75, 3.05) is 11.5 Å². The van der Waals surface area contributed by atoms with Gasteiger partial charge in [0, 0.05) is 10.0 Å². The average Bonchev–Trinajstić information content (AvgIpc) is 2.88. The topological polar surface area (TPSA) is 67.9 Å². The minimum atomic E-state index is -0.557. The van der Waals surface area contributed by atoms with E-state index in [4.69, 9.17) is 21.7 Å². The lowest BCUT2D eigenvalue weighted by molar-refractivity contribution is -0.122. The van der Waals surface area contributed by atoms with Crippen LogP contribution in [0.1, 0.15) is 29.2 Å². The van der Waals surface area contributed by atoms with E-state index in [1.165, 1.54) is 4.90 Å². The Kier molecular flexibility index (Phi) is 8.76. The molecule has 0 unspecified atom stereocenters. The van der Waals surface area contributed by atoms with Crippen LogP contribution in [0.25, 0.3) is 6.08 Å². The van der Waals surface area contributed by atoms with Crippen LogP contribution >= 0.6 is 28.1 Å². The molecule has 194 valence electrons. The van der Waals surface area contributed by atoms with Crippen molar-refractivity contribution in [2.24, 2.45) is 0 Å². The largest absolute Gasteiger partial charge is 0.490 e. The van der Waals surface area contributed by atoms with E-state index in [0.717, 1.165) is 21.2 Å². The SMILES string of the molecule is C=CCc1cc(/C=C2\C(=O)NC(=S)N(c3ccc(Br)cc3C)C2=O)cc(OCC)c1OCc1ccccc1. The third kappa shape index (κ3) is 6.03. The van der Waals surface area contributed by atoms with Gasteiger partial charge in [-0.2, -0.15) is 0 Å². The Bertz CT molecular complexity index is 1440. The molecule has 0 radical (unpaired) electrons. The molecule has 4 rings (SSSR count). The van der Waals surface area contributed by atoms with Gasteiger partial charge in [0.05, 0.1) is 12.3 Å². The number of nitrogens with one attached hydrogen (secondary N) is 1. The quantitative estimate of drug-likeness (QED) is 0.137. The Morgan fingerprint density at radius 3 is 2.53 bits per heavy atom. The van der Waals surface area contributed by atoms with Gasteiger partial charge in [0.1, 0.15) is 12.2 Å². The Balaban J connectivity index is 1.73. The highest BCUT2D eigenvalue weighted by Crippen LogP contribution is 2.36. The highest BCUT2D eigenvalue weighted by atomic mass is 79.9. The predicted molar refractivity (Wildman–Crippen MR) is 157 cm³/mol. The van der Waals surface area contributed by atoms with Gasteiger partial charge in [-0.25, -0.2) is 0 Å². The summed E-state index contributed by atoms with van der Waals surface area (Å²) < 4.78 is 13.0. The summed E-state index contributed by atoms with van der Waals surface area (Å²) in [5, 5.41) is 2.68. The van der Waals surface area contributed by atoms with Gasteiger partial charge in [-0.15, -0.1) is 6.58 Å². The molecule has 0 atom stereocenters. The van der Waals surface area contributed by atoms with Gasteiger partial charge in [-0.05, 0) is 85.6 Å². The van der Waals surface area contributed by atoms with Gasteiger partial charge in [-0.3, -0.25) is 19.8 Å². The van der Waals surface area contributed by atoms with Gasteiger partial charge in [0.25, 0.3) is 11.8 Å². The van der Waals surface area contributed by atoms with Crippen LogP contribution in [0, 0.1) is 6.92 Å². The van der Waals surface area contributed by atoms with Crippen molar-refractivity contribution in [2.45, 2.75) is 26.9 Å². The Labute approximate surface area is 236 Å². The molecule has 38 heavy (non-hydrogen) atoms. The summed E-state index contributed by atoms with van der Waals surface area (Å²) in [5.41, 5.74) is 3.86. The Hall–Kier alpha value is -3.75. The summed E-state index contributed by atoms with van der Waals surface area (Å²) in [6.07, 6.45) is 3.83. The van der Waals surface area contributed by atoms with Gasteiger partial charge < -0.3 is 9.47 Å². The number of anilines is 1. The second-order valence-electron chi connectivity index (χ2n) is 8.60. The molecule has 3 aromatic carbocycles. The summed E-state index contributed by atoms with van der Waals surface area (Å²) >= 11 is 8.80. The molecule has 1 fully saturated rings. The third-order valence-electron chi connectivity index (χ3n) is 5.86. The van der Waals surface area contributed by atoms with Crippen molar-refractivity contribution < 1.29 is 19.1 Å². The van der Waals surface area contributed by atoms with Crippen LogP contribution in [0.5, 0.6) is 11.5 Å². The molecule has 8 heteroatoms. The van der Waals surface area contributed by atoms with E-state index in [1.807, 2.05) is 62.4 Å². The fraction of sp³-hybridized carbons (Fsp3) is 0.167.